The summed E-state index contributed by atoms with van der Waals surface area (Å²) in [7, 11) is -8.30. The number of rotatable bonds is 8. The standard InChI is InChI=1S/C18H24N4O8S2.Na/c1-18(2,3)30-17(25)20-9-10-21-31(26,27)13-6-4-12(5-7-13)14-8-11-22(32(19,28)29)15(14)16(23)24;/h4-8,11,21H,9-10H2,1-3H3,(H,20,25)(H,23,24)(H2,19,28,29);/q;+1/p-1. The summed E-state index contributed by atoms with van der Waals surface area (Å²) >= 11 is 0. The Morgan fingerprint density at radius 3 is 2.12 bits per heavy atom. The van der Waals surface area contributed by atoms with Crippen molar-refractivity contribution in [1.82, 2.24) is 14.0 Å². The summed E-state index contributed by atoms with van der Waals surface area (Å²) in [6.07, 6.45) is 0.274. The van der Waals surface area contributed by atoms with Crippen LogP contribution in [-0.2, 0) is 25.0 Å². The zero-order valence-electron chi connectivity index (χ0n) is 18.5. The normalized spacial score (nSPS) is 12.0. The fourth-order valence-corrected chi connectivity index (χ4v) is 4.31. The molecule has 1 heterocycles. The van der Waals surface area contributed by atoms with Gasteiger partial charge >= 0.3 is 45.9 Å². The Morgan fingerprint density at radius 2 is 1.64 bits per heavy atom. The topological polar surface area (TPSA) is 190 Å². The number of aromatic nitrogens is 1. The molecule has 0 aliphatic rings. The summed E-state index contributed by atoms with van der Waals surface area (Å²) in [5.41, 5.74) is -1.15. The molecular formula is C18H23N4NaO8S2. The Balaban J connectivity index is 0.00000544. The summed E-state index contributed by atoms with van der Waals surface area (Å²) in [4.78, 5) is 22.9. The van der Waals surface area contributed by atoms with Gasteiger partial charge in [-0.1, -0.05) is 12.1 Å². The van der Waals surface area contributed by atoms with Crippen molar-refractivity contribution in [1.29, 1.82) is 0 Å². The van der Waals surface area contributed by atoms with Gasteiger partial charge in [-0.25, -0.2) is 27.0 Å². The van der Waals surface area contributed by atoms with Crippen LogP contribution in [0.25, 0.3) is 11.1 Å². The van der Waals surface area contributed by atoms with Gasteiger partial charge in [0.25, 0.3) is 0 Å². The van der Waals surface area contributed by atoms with Crippen molar-refractivity contribution in [2.45, 2.75) is 31.3 Å². The number of hydrogen-bond donors (Lipinski definition) is 3. The van der Waals surface area contributed by atoms with Crippen molar-refractivity contribution in [3.63, 3.8) is 0 Å². The minimum Gasteiger partial charge on any atom is -0.543 e. The van der Waals surface area contributed by atoms with E-state index in [4.69, 9.17) is 9.88 Å². The number of hydrogen-bond acceptors (Lipinski definition) is 8. The molecule has 2 aromatic rings. The Bertz CT molecular complexity index is 1220. The second-order valence-electron chi connectivity index (χ2n) is 7.56. The molecule has 4 N–H and O–H groups in total. The first-order chi connectivity index (χ1) is 14.6. The van der Waals surface area contributed by atoms with Gasteiger partial charge in [0.1, 0.15) is 5.60 Å². The Labute approximate surface area is 214 Å². The second-order valence-corrected chi connectivity index (χ2v) is 10.7. The number of nitrogens with one attached hydrogen (secondary N) is 2. The number of nitrogens with two attached hydrogens (primary N) is 1. The predicted molar refractivity (Wildman–Crippen MR) is 112 cm³/mol. The van der Waals surface area contributed by atoms with Crippen LogP contribution in [0, 0.1) is 0 Å². The van der Waals surface area contributed by atoms with Crippen LogP contribution in [0.15, 0.2) is 41.4 Å². The number of aromatic carboxylic acids is 1. The molecule has 0 fully saturated rings. The number of ether oxygens (including phenoxy) is 1. The van der Waals surface area contributed by atoms with Gasteiger partial charge in [-0.05, 0) is 44.5 Å². The van der Waals surface area contributed by atoms with E-state index in [0.29, 0.717) is 3.97 Å². The third kappa shape index (κ3) is 8.10. The van der Waals surface area contributed by atoms with Crippen LogP contribution in [-0.4, -0.2) is 51.6 Å². The number of alkyl carbamates (subject to hydrolysis) is 1. The van der Waals surface area contributed by atoms with E-state index in [9.17, 15) is 31.5 Å². The molecule has 2 rings (SSSR count). The van der Waals surface area contributed by atoms with Crippen molar-refractivity contribution < 1.29 is 65.8 Å². The maximum absolute atomic E-state index is 12.4. The van der Waals surface area contributed by atoms with Gasteiger partial charge in [0.05, 0.1) is 16.6 Å². The van der Waals surface area contributed by atoms with Gasteiger partial charge in [0.15, 0.2) is 0 Å². The maximum atomic E-state index is 12.4. The van der Waals surface area contributed by atoms with Gasteiger partial charge in [-0.2, -0.15) is 8.42 Å². The molecule has 12 nitrogen and oxygen atoms in total. The van der Waals surface area contributed by atoms with Crippen LogP contribution in [0.3, 0.4) is 0 Å². The van der Waals surface area contributed by atoms with Gasteiger partial charge in [-0.3, -0.25) is 0 Å². The summed E-state index contributed by atoms with van der Waals surface area (Å²) in [5, 5.41) is 18.8. The number of benzene rings is 1. The largest absolute Gasteiger partial charge is 1.00 e. The average molecular weight is 511 g/mol. The van der Waals surface area contributed by atoms with E-state index in [0.717, 1.165) is 6.20 Å². The fourth-order valence-electron chi connectivity index (χ4n) is 2.62. The zero-order valence-corrected chi connectivity index (χ0v) is 22.1. The number of carbonyl (C=O) groups excluding carboxylic acids is 2. The SMILES string of the molecule is CC(C)(C)OC(=O)NCCNS(=O)(=O)c1ccc(-c2ccn(S(N)(=O)=O)c2C(=O)[O-])cc1.[Na+]. The van der Waals surface area contributed by atoms with Crippen LogP contribution < -0.4 is 49.8 Å². The van der Waals surface area contributed by atoms with Crippen LogP contribution in [0.5, 0.6) is 0 Å². The summed E-state index contributed by atoms with van der Waals surface area (Å²) in [5.74, 6) is -1.77. The quantitative estimate of drug-likeness (QED) is 0.239. The molecule has 0 aliphatic carbocycles. The molecule has 0 saturated carbocycles. The van der Waals surface area contributed by atoms with Gasteiger partial charge in [-0.15, -0.1) is 0 Å². The molecule has 0 bridgehead atoms. The van der Waals surface area contributed by atoms with E-state index < -0.39 is 43.6 Å². The van der Waals surface area contributed by atoms with Crippen LogP contribution in [0.1, 0.15) is 31.3 Å². The molecule has 1 aromatic heterocycles. The van der Waals surface area contributed by atoms with E-state index in [2.05, 4.69) is 10.0 Å². The smallest absolute Gasteiger partial charge is 0.543 e. The van der Waals surface area contributed by atoms with Gasteiger partial charge in [0, 0.05) is 24.8 Å². The van der Waals surface area contributed by atoms with E-state index >= 15 is 0 Å². The fraction of sp³-hybridized carbons (Fsp3) is 0.333. The van der Waals surface area contributed by atoms with Gasteiger partial charge in [0.2, 0.25) is 10.0 Å². The molecular weight excluding hydrogens is 487 g/mol. The zero-order chi connectivity index (χ0) is 24.3. The van der Waals surface area contributed by atoms with E-state index in [1.807, 2.05) is 0 Å². The number of carboxylic acids is 1. The first kappa shape index (κ1) is 29.1. The summed E-state index contributed by atoms with van der Waals surface area (Å²) < 4.78 is 55.6. The minimum atomic E-state index is -4.38. The molecule has 0 spiro atoms. The molecule has 0 unspecified atom stereocenters. The third-order valence-corrected chi connectivity index (χ3v) is 6.21. The molecule has 0 aliphatic heterocycles. The van der Waals surface area contributed by atoms with Crippen molar-refractivity contribution in [2.75, 3.05) is 13.1 Å². The molecule has 1 amide bonds. The van der Waals surface area contributed by atoms with E-state index in [1.165, 1.54) is 30.3 Å². The maximum Gasteiger partial charge on any atom is 1.00 e. The average Bonchev–Trinajstić information content (AvgIpc) is 3.10. The van der Waals surface area contributed by atoms with Crippen LogP contribution in [0.4, 0.5) is 4.79 Å². The van der Waals surface area contributed by atoms with Crippen LogP contribution in [0.2, 0.25) is 0 Å². The van der Waals surface area contributed by atoms with E-state index in [1.54, 1.807) is 20.8 Å². The first-order valence-electron chi connectivity index (χ1n) is 9.15. The number of nitrogens with zero attached hydrogens (tertiary/aromatic N) is 1. The molecule has 1 aromatic carbocycles. The van der Waals surface area contributed by atoms with E-state index in [-0.39, 0.29) is 58.7 Å². The number of amides is 1. The Hall–Kier alpha value is -1.94. The van der Waals surface area contributed by atoms with Crippen molar-refractivity contribution in [3.8, 4) is 11.1 Å². The summed E-state index contributed by atoms with van der Waals surface area (Å²) in [6.45, 7) is 4.97. The first-order valence-corrected chi connectivity index (χ1v) is 12.1. The molecule has 0 atom stereocenters. The second kappa shape index (κ2) is 11.0. The molecule has 15 heteroatoms. The summed E-state index contributed by atoms with van der Waals surface area (Å²) in [6, 6.07) is 6.25. The van der Waals surface area contributed by atoms with Crippen molar-refractivity contribution in [3.05, 3.63) is 42.2 Å². The monoisotopic (exact) mass is 510 g/mol. The molecule has 0 saturated heterocycles. The minimum absolute atomic E-state index is 0. The van der Waals surface area contributed by atoms with Gasteiger partial charge < -0.3 is 20.0 Å². The molecule has 33 heavy (non-hydrogen) atoms. The Kier molecular flexibility index (Phi) is 9.69. The van der Waals surface area contributed by atoms with Crippen molar-refractivity contribution in [2.24, 2.45) is 5.14 Å². The van der Waals surface area contributed by atoms with Crippen molar-refractivity contribution >= 4 is 32.3 Å². The third-order valence-electron chi connectivity index (χ3n) is 3.88. The molecule has 176 valence electrons. The number of sulfonamides is 1. The number of carbonyl (C=O) groups is 2. The Morgan fingerprint density at radius 1 is 1.06 bits per heavy atom. The van der Waals surface area contributed by atoms with Crippen LogP contribution >= 0.6 is 0 Å². The predicted octanol–water partition coefficient (Wildman–Crippen LogP) is -3.62. The molecule has 0 radical (unpaired) electrons. The number of carboxylic acid groups (broad SMARTS) is 1.